The van der Waals surface area contributed by atoms with Gasteiger partial charge in [-0.05, 0) is 57.2 Å². The number of Topliss-reactive ketones (excluding diaryl/α,β-unsaturated/α-hetero) is 2. The van der Waals surface area contributed by atoms with Gasteiger partial charge in [0.2, 0.25) is 34.7 Å². The molecule has 0 radical (unpaired) electrons. The maximum absolute atomic E-state index is 14.2. The van der Waals surface area contributed by atoms with Crippen LogP contribution in [0.1, 0.15) is 77.8 Å². The third kappa shape index (κ3) is 7.44. The topological polar surface area (TPSA) is 148 Å². The number of hydrogen-bond acceptors (Lipinski definition) is 11. The molecule has 0 unspecified atom stereocenters. The molecule has 2 aromatic carbocycles. The molecule has 0 spiro atoms. The van der Waals surface area contributed by atoms with Gasteiger partial charge in [-0.15, -0.1) is 0 Å². The second kappa shape index (κ2) is 14.9. The Morgan fingerprint density at radius 1 is 0.700 bits per heavy atom. The van der Waals surface area contributed by atoms with E-state index in [0.29, 0.717) is 39.0 Å². The first-order valence-electron chi connectivity index (χ1n) is 15.6. The van der Waals surface area contributed by atoms with E-state index in [1.165, 1.54) is 48.6 Å². The molecule has 11 nitrogen and oxygen atoms in total. The molecule has 0 saturated carbocycles. The molecule has 2 aromatic heterocycles. The van der Waals surface area contributed by atoms with E-state index < -0.39 is 34.8 Å². The van der Waals surface area contributed by atoms with E-state index in [1.54, 1.807) is 0 Å². The van der Waals surface area contributed by atoms with Crippen LogP contribution >= 0.6 is 23.2 Å². The van der Waals surface area contributed by atoms with E-state index in [0.717, 1.165) is 0 Å². The monoisotopic (exact) mass is 723 g/mol. The Labute approximate surface area is 294 Å². The standard InChI is InChI=1S/C35H29Cl2F2N5O6/c1-44(12-4-10-40-24-16-26(45)30-34(32(24)47)49-28(42-30)14-18-20(36)6-2-8-22(18)38)13-5-11-41-25-17-27(46)31-35(33(25)48)50-29(43-31)15-19-21(37)7-3-9-23(19)39/h2-3,6-9,16-17,40-41H,4-5,10-15H2,1H3. The third-order valence-electron chi connectivity index (χ3n) is 8.11. The van der Waals surface area contributed by atoms with Crippen molar-refractivity contribution in [3.05, 3.63) is 127 Å². The van der Waals surface area contributed by atoms with Crippen LogP contribution in [0.4, 0.5) is 8.78 Å². The molecule has 50 heavy (non-hydrogen) atoms. The molecule has 2 aliphatic rings. The molecule has 0 saturated heterocycles. The van der Waals surface area contributed by atoms with Crippen LogP contribution in [0.2, 0.25) is 10.0 Å². The normalized spacial score (nSPS) is 14.1. The fraction of sp³-hybridized carbons (Fsp3) is 0.257. The van der Waals surface area contributed by atoms with Crippen LogP contribution in [0.25, 0.3) is 0 Å². The summed E-state index contributed by atoms with van der Waals surface area (Å²) in [5.74, 6) is -3.53. The summed E-state index contributed by atoms with van der Waals surface area (Å²) in [6, 6.07) is 8.49. The summed E-state index contributed by atoms with van der Waals surface area (Å²) in [7, 11) is 1.91. The zero-order chi connectivity index (χ0) is 35.5. The van der Waals surface area contributed by atoms with Crippen LogP contribution < -0.4 is 10.6 Å². The number of nitrogens with one attached hydrogen (secondary N) is 2. The average Bonchev–Trinajstić information content (AvgIpc) is 3.71. The van der Waals surface area contributed by atoms with Crippen molar-refractivity contribution in [2.45, 2.75) is 25.7 Å². The highest BCUT2D eigenvalue weighted by molar-refractivity contribution is 6.31. The second-order valence-corrected chi connectivity index (χ2v) is 12.5. The van der Waals surface area contributed by atoms with Crippen LogP contribution in [0.5, 0.6) is 0 Å². The second-order valence-electron chi connectivity index (χ2n) is 11.7. The highest BCUT2D eigenvalue weighted by Gasteiger charge is 2.33. The van der Waals surface area contributed by atoms with Gasteiger partial charge in [0.1, 0.15) is 11.6 Å². The minimum absolute atomic E-state index is 0.00414. The van der Waals surface area contributed by atoms with Crippen molar-refractivity contribution in [3.8, 4) is 0 Å². The van der Waals surface area contributed by atoms with Crippen molar-refractivity contribution in [3.63, 3.8) is 0 Å². The van der Waals surface area contributed by atoms with Gasteiger partial charge in [-0.25, -0.2) is 18.7 Å². The van der Waals surface area contributed by atoms with E-state index in [2.05, 4.69) is 25.5 Å². The number of rotatable bonds is 14. The fourth-order valence-electron chi connectivity index (χ4n) is 5.52. The van der Waals surface area contributed by atoms with Crippen molar-refractivity contribution in [1.29, 1.82) is 0 Å². The summed E-state index contributed by atoms with van der Waals surface area (Å²) in [5.41, 5.74) is 0.221. The summed E-state index contributed by atoms with van der Waals surface area (Å²) in [4.78, 5) is 61.6. The van der Waals surface area contributed by atoms with Gasteiger partial charge in [0.15, 0.2) is 23.2 Å². The molecule has 0 atom stereocenters. The number of aromatic nitrogens is 2. The number of oxazole rings is 2. The van der Waals surface area contributed by atoms with Gasteiger partial charge in [-0.1, -0.05) is 35.3 Å². The van der Waals surface area contributed by atoms with Crippen LogP contribution in [-0.4, -0.2) is 71.2 Å². The van der Waals surface area contributed by atoms with Crippen molar-refractivity contribution in [2.75, 3.05) is 33.2 Å². The first-order valence-corrected chi connectivity index (χ1v) is 16.4. The molecule has 0 amide bonds. The van der Waals surface area contributed by atoms with E-state index in [9.17, 15) is 28.0 Å². The van der Waals surface area contributed by atoms with Crippen molar-refractivity contribution in [1.82, 2.24) is 25.5 Å². The lowest BCUT2D eigenvalue weighted by Crippen LogP contribution is -2.31. The van der Waals surface area contributed by atoms with Crippen molar-refractivity contribution < 1.29 is 36.8 Å². The molecule has 2 heterocycles. The Morgan fingerprint density at radius 2 is 1.12 bits per heavy atom. The van der Waals surface area contributed by atoms with Crippen molar-refractivity contribution >= 4 is 46.3 Å². The van der Waals surface area contributed by atoms with Gasteiger partial charge < -0.3 is 24.4 Å². The first-order chi connectivity index (χ1) is 24.0. The zero-order valence-electron chi connectivity index (χ0n) is 26.6. The minimum Gasteiger partial charge on any atom is -0.436 e. The van der Waals surface area contributed by atoms with Gasteiger partial charge >= 0.3 is 0 Å². The van der Waals surface area contributed by atoms with Gasteiger partial charge in [0, 0.05) is 46.4 Å². The molecule has 2 aliphatic carbocycles. The predicted molar refractivity (Wildman–Crippen MR) is 178 cm³/mol. The van der Waals surface area contributed by atoms with Crippen LogP contribution in [0.15, 0.2) is 68.8 Å². The number of allylic oxidation sites excluding steroid dienone is 4. The number of fused-ring (bicyclic) bond motifs is 2. The zero-order valence-corrected chi connectivity index (χ0v) is 28.1. The van der Waals surface area contributed by atoms with Crippen molar-refractivity contribution in [2.24, 2.45) is 0 Å². The van der Waals surface area contributed by atoms with Crippen LogP contribution in [-0.2, 0) is 12.8 Å². The minimum atomic E-state index is -0.548. The van der Waals surface area contributed by atoms with Gasteiger partial charge in [0.25, 0.3) is 0 Å². The smallest absolute Gasteiger partial charge is 0.246 e. The summed E-state index contributed by atoms with van der Waals surface area (Å²) in [5, 5.41) is 6.34. The number of carbonyl (C=O) groups is 4. The number of nitrogens with zero attached hydrogens (tertiary/aromatic N) is 3. The van der Waals surface area contributed by atoms with Crippen LogP contribution in [0, 0.1) is 11.6 Å². The number of benzene rings is 2. The molecule has 15 heteroatoms. The van der Waals surface area contributed by atoms with Crippen LogP contribution in [0.3, 0.4) is 0 Å². The molecule has 6 rings (SSSR count). The first kappa shape index (κ1) is 34.9. The lowest BCUT2D eigenvalue weighted by Gasteiger charge is -2.18. The quantitative estimate of drug-likeness (QED) is 0.158. The largest absolute Gasteiger partial charge is 0.436 e. The number of hydrogen-bond donors (Lipinski definition) is 2. The van der Waals surface area contributed by atoms with E-state index >= 15 is 0 Å². The Balaban J connectivity index is 0.927. The van der Waals surface area contributed by atoms with E-state index in [1.807, 2.05) is 7.05 Å². The van der Waals surface area contributed by atoms with Gasteiger partial charge in [0.05, 0.1) is 24.2 Å². The van der Waals surface area contributed by atoms with Gasteiger partial charge in [-0.3, -0.25) is 19.2 Å². The summed E-state index contributed by atoms with van der Waals surface area (Å²) in [6.45, 7) is 2.09. The average molecular weight is 725 g/mol. The number of ketones is 4. The SMILES string of the molecule is CN(CCCNC1=CC(=O)c2nc(Cc3c(F)cccc3Cl)oc2C1=O)CCCNC1=CC(=O)c2nc(Cc3c(F)cccc3Cl)oc2C1=O. The Kier molecular flexibility index (Phi) is 10.4. The summed E-state index contributed by atoms with van der Waals surface area (Å²) in [6.07, 6.45) is 3.39. The summed E-state index contributed by atoms with van der Waals surface area (Å²) < 4.78 is 39.6. The molecule has 0 bridgehead atoms. The van der Waals surface area contributed by atoms with E-state index in [4.69, 9.17) is 32.0 Å². The van der Waals surface area contributed by atoms with E-state index in [-0.39, 0.29) is 80.1 Å². The molecular weight excluding hydrogens is 695 g/mol. The lowest BCUT2D eigenvalue weighted by molar-refractivity contribution is 0.0955. The highest BCUT2D eigenvalue weighted by atomic mass is 35.5. The number of carbonyl (C=O) groups excluding carboxylic acids is 4. The fourth-order valence-corrected chi connectivity index (χ4v) is 5.98. The molecular formula is C35H29Cl2F2N5O6. The predicted octanol–water partition coefficient (Wildman–Crippen LogP) is 5.55. The Hall–Kier alpha value is -4.98. The lowest BCUT2D eigenvalue weighted by atomic mass is 10.0. The summed E-state index contributed by atoms with van der Waals surface area (Å²) >= 11 is 12.2. The Bertz CT molecular complexity index is 1900. The maximum atomic E-state index is 14.2. The third-order valence-corrected chi connectivity index (χ3v) is 8.81. The molecule has 258 valence electrons. The highest BCUT2D eigenvalue weighted by Crippen LogP contribution is 2.28. The molecule has 2 N–H and O–H groups in total. The molecule has 0 aliphatic heterocycles. The maximum Gasteiger partial charge on any atom is 0.246 e. The molecule has 4 aromatic rings. The number of halogens is 4. The van der Waals surface area contributed by atoms with Gasteiger partial charge in [-0.2, -0.15) is 0 Å². The Morgan fingerprint density at radius 3 is 1.52 bits per heavy atom. The molecule has 0 fully saturated rings.